The second-order valence-corrected chi connectivity index (χ2v) is 8.22. The molecule has 0 aliphatic rings. The van der Waals surface area contributed by atoms with Crippen LogP contribution in [-0.2, 0) is 14.3 Å². The Morgan fingerprint density at radius 1 is 1.19 bits per heavy atom. The first-order chi connectivity index (χ1) is 12.7. The Kier molecular flexibility index (Phi) is 7.41. The Bertz CT molecular complexity index is 879. The number of thiophene rings is 1. The van der Waals surface area contributed by atoms with Gasteiger partial charge in [-0.1, -0.05) is 29.3 Å². The molecule has 0 unspecified atom stereocenters. The van der Waals surface area contributed by atoms with Crippen molar-refractivity contribution >= 4 is 57.9 Å². The highest BCUT2D eigenvalue weighted by molar-refractivity contribution is 7.12. The highest BCUT2D eigenvalue weighted by Crippen LogP contribution is 2.29. The van der Waals surface area contributed by atoms with E-state index in [0.29, 0.717) is 16.3 Å². The summed E-state index contributed by atoms with van der Waals surface area (Å²) in [7, 11) is 0. The minimum Gasteiger partial charge on any atom is -0.453 e. The molecule has 0 radical (unpaired) electrons. The average Bonchev–Trinajstić information content (AvgIpc) is 2.95. The molecule has 0 spiro atoms. The molecular weight excluding hydrogens is 409 g/mol. The molecule has 0 saturated heterocycles. The van der Waals surface area contributed by atoms with Gasteiger partial charge in [0.15, 0.2) is 11.9 Å². The van der Waals surface area contributed by atoms with E-state index >= 15 is 0 Å². The molecule has 1 atom stereocenters. The summed E-state index contributed by atoms with van der Waals surface area (Å²) in [6, 6.07) is 6.64. The number of Topliss-reactive ketones (excluding diaryl/α,β-unsaturated/α-hetero) is 1. The lowest BCUT2D eigenvalue weighted by Gasteiger charge is -2.14. The minimum absolute atomic E-state index is 0.0321. The first-order valence-corrected chi connectivity index (χ1v) is 9.81. The van der Waals surface area contributed by atoms with E-state index in [0.717, 1.165) is 9.75 Å². The largest absolute Gasteiger partial charge is 0.453 e. The highest BCUT2D eigenvalue weighted by Gasteiger charge is 2.20. The maximum absolute atomic E-state index is 12.2. The summed E-state index contributed by atoms with van der Waals surface area (Å²) >= 11 is 13.4. The number of halogens is 2. The fourth-order valence-electron chi connectivity index (χ4n) is 2.40. The highest BCUT2D eigenvalue weighted by atomic mass is 35.5. The van der Waals surface area contributed by atoms with Crippen molar-refractivity contribution in [3.05, 3.63) is 49.6 Å². The van der Waals surface area contributed by atoms with Crippen molar-refractivity contribution in [2.24, 2.45) is 0 Å². The predicted molar refractivity (Wildman–Crippen MR) is 108 cm³/mol. The molecule has 0 aliphatic carbocycles. The number of carbonyl (C=O) groups is 3. The van der Waals surface area contributed by atoms with E-state index in [1.807, 2.05) is 19.9 Å². The molecule has 8 heteroatoms. The molecule has 1 aromatic heterocycles. The number of ketones is 1. The molecule has 1 N–H and O–H groups in total. The summed E-state index contributed by atoms with van der Waals surface area (Å²) in [6.07, 6.45) is -1.10. The van der Waals surface area contributed by atoms with Gasteiger partial charge in [0, 0.05) is 21.7 Å². The van der Waals surface area contributed by atoms with Crippen molar-refractivity contribution in [3.63, 3.8) is 0 Å². The second-order valence-electron chi connectivity index (χ2n) is 5.97. The van der Waals surface area contributed by atoms with Crippen molar-refractivity contribution in [3.8, 4) is 0 Å². The number of benzene rings is 1. The Balaban J connectivity index is 1.85. The van der Waals surface area contributed by atoms with Gasteiger partial charge in [-0.3, -0.25) is 14.4 Å². The van der Waals surface area contributed by atoms with Crippen LogP contribution in [0.15, 0.2) is 24.3 Å². The lowest BCUT2D eigenvalue weighted by molar-refractivity contribution is -0.153. The maximum Gasteiger partial charge on any atom is 0.307 e. The van der Waals surface area contributed by atoms with E-state index in [2.05, 4.69) is 5.32 Å². The second kappa shape index (κ2) is 9.35. The third-order valence-corrected chi connectivity index (χ3v) is 5.57. The molecule has 0 aliphatic heterocycles. The number of aryl methyl sites for hydroxylation is 2. The van der Waals surface area contributed by atoms with Crippen LogP contribution in [0, 0.1) is 13.8 Å². The van der Waals surface area contributed by atoms with Crippen LogP contribution in [0.3, 0.4) is 0 Å². The molecule has 1 aromatic carbocycles. The topological polar surface area (TPSA) is 72.5 Å². The van der Waals surface area contributed by atoms with Gasteiger partial charge in [-0.2, -0.15) is 0 Å². The van der Waals surface area contributed by atoms with Crippen molar-refractivity contribution in [2.45, 2.75) is 39.7 Å². The van der Waals surface area contributed by atoms with Gasteiger partial charge in [-0.05, 0) is 39.0 Å². The Morgan fingerprint density at radius 3 is 2.52 bits per heavy atom. The number of hydrogen-bond donors (Lipinski definition) is 1. The number of ether oxygens (including phenoxy) is 1. The van der Waals surface area contributed by atoms with Crippen molar-refractivity contribution in [2.75, 3.05) is 5.32 Å². The first-order valence-electron chi connectivity index (χ1n) is 8.23. The molecule has 2 rings (SSSR count). The average molecular weight is 428 g/mol. The van der Waals surface area contributed by atoms with Crippen LogP contribution >= 0.6 is 34.5 Å². The lowest BCUT2D eigenvalue weighted by Crippen LogP contribution is -2.30. The van der Waals surface area contributed by atoms with E-state index in [1.54, 1.807) is 18.2 Å². The molecular formula is C19H19Cl2NO4S. The summed E-state index contributed by atoms with van der Waals surface area (Å²) in [4.78, 5) is 38.3. The SMILES string of the molecule is Cc1cc(C(=O)CCC(=O)O[C@@H](C)C(=O)Nc2cccc(Cl)c2Cl)c(C)s1. The van der Waals surface area contributed by atoms with Crippen LogP contribution in [0.2, 0.25) is 10.0 Å². The van der Waals surface area contributed by atoms with Crippen LogP contribution in [0.4, 0.5) is 5.69 Å². The van der Waals surface area contributed by atoms with Crippen molar-refractivity contribution in [1.82, 2.24) is 0 Å². The molecule has 1 heterocycles. The number of esters is 1. The number of amides is 1. The number of rotatable bonds is 7. The number of carbonyl (C=O) groups excluding carboxylic acids is 3. The fraction of sp³-hybridized carbons (Fsp3) is 0.316. The van der Waals surface area contributed by atoms with E-state index in [1.165, 1.54) is 18.3 Å². The summed E-state index contributed by atoms with van der Waals surface area (Å²) in [5.74, 6) is -1.27. The van der Waals surface area contributed by atoms with E-state index < -0.39 is 18.0 Å². The van der Waals surface area contributed by atoms with Gasteiger partial charge in [0.25, 0.3) is 5.91 Å². The van der Waals surface area contributed by atoms with E-state index in [4.69, 9.17) is 27.9 Å². The van der Waals surface area contributed by atoms with Crippen LogP contribution in [0.1, 0.15) is 39.9 Å². The summed E-state index contributed by atoms with van der Waals surface area (Å²) in [6.45, 7) is 5.24. The monoisotopic (exact) mass is 427 g/mol. The third kappa shape index (κ3) is 5.79. The minimum atomic E-state index is -1.03. The van der Waals surface area contributed by atoms with Gasteiger partial charge in [0.2, 0.25) is 0 Å². The summed E-state index contributed by atoms with van der Waals surface area (Å²) < 4.78 is 5.10. The van der Waals surface area contributed by atoms with Crippen LogP contribution in [0.5, 0.6) is 0 Å². The summed E-state index contributed by atoms with van der Waals surface area (Å²) in [5.41, 5.74) is 0.960. The summed E-state index contributed by atoms with van der Waals surface area (Å²) in [5, 5.41) is 3.07. The standard InChI is InChI=1S/C19H19Cl2NO4S/c1-10-9-13(12(3)27-10)16(23)7-8-17(24)26-11(2)19(25)22-15-6-4-5-14(20)18(15)21/h4-6,9,11H,7-8H2,1-3H3,(H,22,25)/t11-/m0/s1. The number of anilines is 1. The molecule has 27 heavy (non-hydrogen) atoms. The molecule has 1 amide bonds. The molecule has 0 saturated carbocycles. The zero-order valence-corrected chi connectivity index (χ0v) is 17.4. The number of nitrogens with one attached hydrogen (secondary N) is 1. The van der Waals surface area contributed by atoms with Crippen molar-refractivity contribution < 1.29 is 19.1 Å². The lowest BCUT2D eigenvalue weighted by atomic mass is 10.1. The number of hydrogen-bond acceptors (Lipinski definition) is 5. The van der Waals surface area contributed by atoms with Gasteiger partial charge in [-0.25, -0.2) is 0 Å². The Labute approximate surface area is 171 Å². The molecule has 0 fully saturated rings. The first kappa shape index (κ1) is 21.4. The smallest absolute Gasteiger partial charge is 0.307 e. The zero-order chi connectivity index (χ0) is 20.1. The quantitative estimate of drug-likeness (QED) is 0.486. The molecule has 2 aromatic rings. The molecule has 144 valence electrons. The van der Waals surface area contributed by atoms with Crippen LogP contribution in [0.25, 0.3) is 0 Å². The molecule has 5 nitrogen and oxygen atoms in total. The Hall–Kier alpha value is -1.89. The normalized spacial score (nSPS) is 11.7. The maximum atomic E-state index is 12.2. The van der Waals surface area contributed by atoms with Crippen molar-refractivity contribution in [1.29, 1.82) is 0 Å². The van der Waals surface area contributed by atoms with E-state index in [-0.39, 0.29) is 23.6 Å². The van der Waals surface area contributed by atoms with Crippen LogP contribution in [-0.4, -0.2) is 23.8 Å². The van der Waals surface area contributed by atoms with Gasteiger partial charge in [0.05, 0.1) is 22.2 Å². The fourth-order valence-corrected chi connectivity index (χ4v) is 3.69. The zero-order valence-electron chi connectivity index (χ0n) is 15.1. The predicted octanol–water partition coefficient (Wildman–Crippen LogP) is 5.21. The van der Waals surface area contributed by atoms with Gasteiger partial charge in [-0.15, -0.1) is 11.3 Å². The Morgan fingerprint density at radius 2 is 1.89 bits per heavy atom. The molecule has 0 bridgehead atoms. The van der Waals surface area contributed by atoms with Gasteiger partial charge < -0.3 is 10.1 Å². The van der Waals surface area contributed by atoms with Gasteiger partial charge in [0.1, 0.15) is 0 Å². The van der Waals surface area contributed by atoms with E-state index in [9.17, 15) is 14.4 Å². The van der Waals surface area contributed by atoms with Crippen LogP contribution < -0.4 is 5.32 Å². The third-order valence-electron chi connectivity index (χ3n) is 3.78. The van der Waals surface area contributed by atoms with Gasteiger partial charge >= 0.3 is 5.97 Å².